The number of nitrogens with one attached hydrogen (secondary N) is 1. The molecule has 0 atom stereocenters. The molecule has 2 heterocycles. The Labute approximate surface area is 170 Å². The van der Waals surface area contributed by atoms with Gasteiger partial charge in [-0.15, -0.1) is 10.2 Å². The van der Waals surface area contributed by atoms with E-state index in [4.69, 9.17) is 4.74 Å². The summed E-state index contributed by atoms with van der Waals surface area (Å²) in [5.41, 5.74) is 1.85. The van der Waals surface area contributed by atoms with Crippen molar-refractivity contribution in [3.8, 4) is 11.4 Å². The fraction of sp³-hybridized carbons (Fsp3) is 0.318. The summed E-state index contributed by atoms with van der Waals surface area (Å²) >= 11 is 0. The molecule has 0 bridgehead atoms. The number of urea groups is 1. The number of hydrogen-bond donors (Lipinski definition) is 1. The average Bonchev–Trinajstić information content (AvgIpc) is 3.23. The molecule has 29 heavy (non-hydrogen) atoms. The van der Waals surface area contributed by atoms with Crippen LogP contribution in [0.5, 0.6) is 5.75 Å². The lowest BCUT2D eigenvalue weighted by Gasteiger charge is -2.32. The molecule has 7 heteroatoms. The predicted molar refractivity (Wildman–Crippen MR) is 111 cm³/mol. The van der Waals surface area contributed by atoms with Gasteiger partial charge in [0.1, 0.15) is 17.9 Å². The molecule has 0 unspecified atom stereocenters. The third-order valence-corrected chi connectivity index (χ3v) is 5.37. The lowest BCUT2D eigenvalue weighted by molar-refractivity contribution is 0.182. The highest BCUT2D eigenvalue weighted by molar-refractivity contribution is 5.89. The zero-order valence-corrected chi connectivity index (χ0v) is 16.5. The fourth-order valence-electron chi connectivity index (χ4n) is 3.68. The van der Waals surface area contributed by atoms with Gasteiger partial charge in [0, 0.05) is 30.9 Å². The summed E-state index contributed by atoms with van der Waals surface area (Å²) in [6.07, 6.45) is 4.54. The zero-order chi connectivity index (χ0) is 20.1. The molecule has 1 aliphatic heterocycles. The second-order valence-electron chi connectivity index (χ2n) is 7.25. The topological polar surface area (TPSA) is 72.3 Å². The van der Waals surface area contributed by atoms with Gasteiger partial charge in [-0.25, -0.2) is 4.79 Å². The van der Waals surface area contributed by atoms with Crippen LogP contribution in [0, 0.1) is 5.92 Å². The van der Waals surface area contributed by atoms with E-state index in [0.717, 1.165) is 55.3 Å². The highest BCUT2D eigenvalue weighted by atomic mass is 16.5. The van der Waals surface area contributed by atoms with Gasteiger partial charge in [-0.05, 0) is 55.2 Å². The number of amides is 2. The van der Waals surface area contributed by atoms with E-state index in [-0.39, 0.29) is 6.03 Å². The van der Waals surface area contributed by atoms with Gasteiger partial charge < -0.3 is 15.0 Å². The maximum atomic E-state index is 12.5. The van der Waals surface area contributed by atoms with Gasteiger partial charge in [0.25, 0.3) is 0 Å². The van der Waals surface area contributed by atoms with Crippen molar-refractivity contribution in [2.45, 2.75) is 19.3 Å². The molecule has 4 rings (SSSR count). The normalized spacial score (nSPS) is 14.6. The number of anilines is 1. The third kappa shape index (κ3) is 4.56. The third-order valence-electron chi connectivity index (χ3n) is 5.37. The van der Waals surface area contributed by atoms with Crippen molar-refractivity contribution < 1.29 is 9.53 Å². The van der Waals surface area contributed by atoms with Crippen molar-refractivity contribution in [1.29, 1.82) is 0 Å². The highest BCUT2D eigenvalue weighted by Crippen LogP contribution is 2.23. The smallest absolute Gasteiger partial charge is 0.321 e. The Morgan fingerprint density at radius 3 is 2.52 bits per heavy atom. The number of aromatic nitrogens is 3. The molecule has 150 valence electrons. The molecular weight excluding hydrogens is 366 g/mol. The fourth-order valence-corrected chi connectivity index (χ4v) is 3.68. The summed E-state index contributed by atoms with van der Waals surface area (Å²) in [6, 6.07) is 17.5. The molecule has 2 amide bonds. The Balaban J connectivity index is 1.31. The average molecular weight is 391 g/mol. The predicted octanol–water partition coefficient (Wildman–Crippen LogP) is 3.76. The maximum Gasteiger partial charge on any atom is 0.321 e. The van der Waals surface area contributed by atoms with Crippen LogP contribution in [0.3, 0.4) is 0 Å². The summed E-state index contributed by atoms with van der Waals surface area (Å²) < 4.78 is 7.19. The largest absolute Gasteiger partial charge is 0.497 e. The summed E-state index contributed by atoms with van der Waals surface area (Å²) in [5, 5.41) is 11.4. The van der Waals surface area contributed by atoms with E-state index in [1.54, 1.807) is 13.4 Å². The van der Waals surface area contributed by atoms with Crippen LogP contribution >= 0.6 is 0 Å². The van der Waals surface area contributed by atoms with E-state index in [1.165, 1.54) is 0 Å². The first-order chi connectivity index (χ1) is 14.2. The van der Waals surface area contributed by atoms with Gasteiger partial charge in [-0.1, -0.05) is 18.2 Å². The molecule has 1 aliphatic rings. The van der Waals surface area contributed by atoms with E-state index >= 15 is 0 Å². The van der Waals surface area contributed by atoms with Gasteiger partial charge in [0.05, 0.1) is 7.11 Å². The van der Waals surface area contributed by atoms with Crippen molar-refractivity contribution in [2.75, 3.05) is 25.5 Å². The van der Waals surface area contributed by atoms with Gasteiger partial charge in [-0.2, -0.15) is 0 Å². The number of benzene rings is 2. The van der Waals surface area contributed by atoms with Crippen molar-refractivity contribution in [2.24, 2.45) is 5.92 Å². The van der Waals surface area contributed by atoms with Crippen LogP contribution in [0.4, 0.5) is 10.5 Å². The molecule has 7 nitrogen and oxygen atoms in total. The zero-order valence-electron chi connectivity index (χ0n) is 16.5. The van der Waals surface area contributed by atoms with Crippen molar-refractivity contribution in [1.82, 2.24) is 19.7 Å². The molecule has 0 radical (unpaired) electrons. The molecule has 3 aromatic rings. The minimum Gasteiger partial charge on any atom is -0.497 e. The molecule has 1 N–H and O–H groups in total. The number of hydrogen-bond acceptors (Lipinski definition) is 4. The molecule has 0 aliphatic carbocycles. The number of rotatable bonds is 5. The van der Waals surface area contributed by atoms with Gasteiger partial charge in [0.2, 0.25) is 0 Å². The van der Waals surface area contributed by atoms with Crippen LogP contribution in [0.15, 0.2) is 60.9 Å². The van der Waals surface area contributed by atoms with E-state index in [9.17, 15) is 4.79 Å². The maximum absolute atomic E-state index is 12.5. The molecule has 1 fully saturated rings. The van der Waals surface area contributed by atoms with Crippen LogP contribution in [0.1, 0.15) is 18.7 Å². The van der Waals surface area contributed by atoms with Gasteiger partial charge >= 0.3 is 6.03 Å². The first kappa shape index (κ1) is 19.0. The summed E-state index contributed by atoms with van der Waals surface area (Å²) in [5.74, 6) is 2.23. The highest BCUT2D eigenvalue weighted by Gasteiger charge is 2.24. The Morgan fingerprint density at radius 1 is 1.10 bits per heavy atom. The second-order valence-corrected chi connectivity index (χ2v) is 7.25. The number of piperidine rings is 1. The second kappa shape index (κ2) is 8.77. The Hall–Kier alpha value is -3.35. The van der Waals surface area contributed by atoms with Crippen LogP contribution in [0.2, 0.25) is 0 Å². The Kier molecular flexibility index (Phi) is 5.74. The Morgan fingerprint density at radius 2 is 1.83 bits per heavy atom. The molecule has 0 saturated carbocycles. The number of methoxy groups -OCH3 is 1. The number of carbonyl (C=O) groups is 1. The number of likely N-dealkylation sites (tertiary alicyclic amines) is 1. The lowest BCUT2D eigenvalue weighted by atomic mass is 9.93. The summed E-state index contributed by atoms with van der Waals surface area (Å²) in [7, 11) is 1.63. The van der Waals surface area contributed by atoms with Crippen molar-refractivity contribution >= 4 is 11.7 Å². The van der Waals surface area contributed by atoms with E-state index in [1.807, 2.05) is 51.9 Å². The standard InChI is InChI=1S/C22H25N5O2/c1-29-20-9-7-18(8-10-20)24-22(28)26-13-11-17(12-14-26)15-21-25-23-16-27(21)19-5-3-2-4-6-19/h2-10,16-17H,11-15H2,1H3,(H,24,28). The summed E-state index contributed by atoms with van der Waals surface area (Å²) in [6.45, 7) is 1.48. The molecule has 2 aromatic carbocycles. The van der Waals surface area contributed by atoms with E-state index in [2.05, 4.69) is 27.6 Å². The summed E-state index contributed by atoms with van der Waals surface area (Å²) in [4.78, 5) is 14.4. The van der Waals surface area contributed by atoms with Crippen LogP contribution in [-0.2, 0) is 6.42 Å². The first-order valence-corrected chi connectivity index (χ1v) is 9.87. The number of nitrogens with zero attached hydrogens (tertiary/aromatic N) is 4. The SMILES string of the molecule is COc1ccc(NC(=O)N2CCC(Cc3nncn3-c3ccccc3)CC2)cc1. The Bertz CT molecular complexity index is 931. The lowest BCUT2D eigenvalue weighted by Crippen LogP contribution is -2.41. The number of ether oxygens (including phenoxy) is 1. The van der Waals surface area contributed by atoms with Crippen molar-refractivity contribution in [3.63, 3.8) is 0 Å². The monoisotopic (exact) mass is 391 g/mol. The van der Waals surface area contributed by atoms with Crippen LogP contribution in [0.25, 0.3) is 5.69 Å². The number of para-hydroxylation sites is 1. The minimum atomic E-state index is -0.0546. The van der Waals surface area contributed by atoms with Crippen molar-refractivity contribution in [3.05, 3.63) is 66.7 Å². The molecule has 1 aromatic heterocycles. The van der Waals surface area contributed by atoms with Gasteiger partial charge in [-0.3, -0.25) is 4.57 Å². The molecule has 0 spiro atoms. The van der Waals surface area contributed by atoms with Crippen LogP contribution in [-0.4, -0.2) is 45.9 Å². The van der Waals surface area contributed by atoms with Gasteiger partial charge in [0.15, 0.2) is 0 Å². The number of carbonyl (C=O) groups excluding carboxylic acids is 1. The quantitative estimate of drug-likeness (QED) is 0.719. The van der Waals surface area contributed by atoms with E-state index < -0.39 is 0 Å². The minimum absolute atomic E-state index is 0.0546. The molecular formula is C22H25N5O2. The first-order valence-electron chi connectivity index (χ1n) is 9.87. The van der Waals surface area contributed by atoms with E-state index in [0.29, 0.717) is 5.92 Å². The molecule has 1 saturated heterocycles. The van der Waals surface area contributed by atoms with Crippen LogP contribution < -0.4 is 10.1 Å².